The number of benzene rings is 2. The molecule has 2 aromatic carbocycles. The second kappa shape index (κ2) is 7.95. The Morgan fingerprint density at radius 1 is 1.09 bits per heavy atom. The number of para-hydroxylation sites is 1. The Balaban J connectivity index is 1.60. The highest BCUT2D eigenvalue weighted by Crippen LogP contribution is 2.38. The van der Waals surface area contributed by atoms with Gasteiger partial charge in [-0.25, -0.2) is 0 Å². The van der Waals surface area contributed by atoms with Crippen LogP contribution in [0.5, 0.6) is 0 Å². The predicted octanol–water partition coefficient (Wildman–Crippen LogP) is 5.00. The van der Waals surface area contributed by atoms with Crippen LogP contribution in [0, 0.1) is 0 Å². The van der Waals surface area contributed by atoms with E-state index in [-0.39, 0.29) is 11.8 Å². The Hall–Kier alpha value is -3.38. The van der Waals surface area contributed by atoms with Gasteiger partial charge in [-0.3, -0.25) is 14.5 Å². The van der Waals surface area contributed by atoms with Crippen molar-refractivity contribution in [3.05, 3.63) is 88.9 Å². The average molecular weight is 444 g/mol. The van der Waals surface area contributed by atoms with Crippen LogP contribution < -0.4 is 10.2 Å². The molecule has 162 valence electrons. The molecule has 0 saturated carbocycles. The Kier molecular flexibility index (Phi) is 5.10. The smallest absolute Gasteiger partial charge is 0.275 e. The van der Waals surface area contributed by atoms with Gasteiger partial charge in [0.1, 0.15) is 16.1 Å². The molecule has 1 atom stereocenters. The van der Waals surface area contributed by atoms with Gasteiger partial charge in [0.15, 0.2) is 0 Å². The first kappa shape index (κ1) is 20.5. The minimum Gasteiger partial charge on any atom is -0.350 e. The van der Waals surface area contributed by atoms with E-state index in [1.807, 2.05) is 83.6 Å². The minimum atomic E-state index is -1.07. The lowest BCUT2D eigenvalue weighted by molar-refractivity contribution is -0.126. The number of hydrogen-bond acceptors (Lipinski definition) is 3. The number of fused-ring (bicyclic) bond motifs is 3. The minimum absolute atomic E-state index is 0.141. The molecule has 2 aromatic heterocycles. The molecule has 0 unspecified atom stereocenters. The van der Waals surface area contributed by atoms with Gasteiger partial charge in [-0.15, -0.1) is 11.3 Å². The molecule has 32 heavy (non-hydrogen) atoms. The van der Waals surface area contributed by atoms with Crippen molar-refractivity contribution in [1.82, 2.24) is 9.88 Å². The number of nitrogens with one attached hydrogen (secondary N) is 1. The van der Waals surface area contributed by atoms with Crippen LogP contribution in [0.2, 0.25) is 0 Å². The lowest BCUT2D eigenvalue weighted by atomic mass is 9.92. The van der Waals surface area contributed by atoms with E-state index in [2.05, 4.69) is 12.2 Å². The molecule has 0 aliphatic carbocycles. The van der Waals surface area contributed by atoms with E-state index in [1.54, 1.807) is 16.2 Å². The van der Waals surface area contributed by atoms with Gasteiger partial charge in [-0.1, -0.05) is 55.5 Å². The van der Waals surface area contributed by atoms with Crippen LogP contribution >= 0.6 is 11.3 Å². The van der Waals surface area contributed by atoms with E-state index in [4.69, 9.17) is 0 Å². The number of carbonyl (C=O) groups excluding carboxylic acids is 2. The van der Waals surface area contributed by atoms with Crippen molar-refractivity contribution in [3.63, 3.8) is 0 Å². The topological polar surface area (TPSA) is 54.3 Å². The summed E-state index contributed by atoms with van der Waals surface area (Å²) in [6.07, 6.45) is 0.776. The van der Waals surface area contributed by atoms with Crippen LogP contribution in [0.15, 0.2) is 72.1 Å². The summed E-state index contributed by atoms with van der Waals surface area (Å²) in [5.41, 5.74) is 2.43. The lowest BCUT2D eigenvalue weighted by Crippen LogP contribution is -2.64. The van der Waals surface area contributed by atoms with Crippen LogP contribution in [0.3, 0.4) is 0 Å². The highest BCUT2D eigenvalue weighted by Gasteiger charge is 2.49. The summed E-state index contributed by atoms with van der Waals surface area (Å²) in [6.45, 7) is 4.76. The molecule has 1 aliphatic rings. The van der Waals surface area contributed by atoms with Crippen molar-refractivity contribution in [2.45, 2.75) is 38.9 Å². The third-order valence-corrected chi connectivity index (χ3v) is 7.23. The second-order valence-electron chi connectivity index (χ2n) is 8.36. The van der Waals surface area contributed by atoms with Gasteiger partial charge in [0.05, 0.1) is 6.54 Å². The quantitative estimate of drug-likeness (QED) is 0.472. The Labute approximate surface area is 191 Å². The first-order valence-electron chi connectivity index (χ1n) is 10.8. The van der Waals surface area contributed by atoms with E-state index in [0.29, 0.717) is 18.8 Å². The first-order chi connectivity index (χ1) is 15.5. The summed E-state index contributed by atoms with van der Waals surface area (Å²) >= 11 is 1.60. The zero-order valence-electron chi connectivity index (χ0n) is 18.2. The Morgan fingerprint density at radius 3 is 2.62 bits per heavy atom. The maximum atomic E-state index is 13.9. The fourth-order valence-electron chi connectivity index (χ4n) is 4.57. The molecule has 6 heteroatoms. The number of nitrogens with zero attached hydrogens (tertiary/aromatic N) is 2. The summed E-state index contributed by atoms with van der Waals surface area (Å²) in [5.74, 6) is -0.303. The van der Waals surface area contributed by atoms with Gasteiger partial charge in [-0.2, -0.15) is 0 Å². The molecule has 1 aliphatic heterocycles. The number of carbonyl (C=O) groups is 2. The van der Waals surface area contributed by atoms with Crippen molar-refractivity contribution >= 4 is 39.1 Å². The van der Waals surface area contributed by atoms with E-state index < -0.39 is 5.54 Å². The van der Waals surface area contributed by atoms with Crippen molar-refractivity contribution in [1.29, 1.82) is 0 Å². The van der Waals surface area contributed by atoms with Gasteiger partial charge >= 0.3 is 0 Å². The molecule has 0 spiro atoms. The first-order valence-corrected chi connectivity index (χ1v) is 11.7. The monoisotopic (exact) mass is 443 g/mol. The summed E-state index contributed by atoms with van der Waals surface area (Å²) in [4.78, 5) is 30.3. The van der Waals surface area contributed by atoms with Crippen LogP contribution in [-0.2, 0) is 24.3 Å². The Bertz CT molecular complexity index is 1310. The number of thiophene rings is 1. The molecule has 0 radical (unpaired) electrons. The Morgan fingerprint density at radius 2 is 1.84 bits per heavy atom. The van der Waals surface area contributed by atoms with Crippen LogP contribution in [-0.4, -0.2) is 21.9 Å². The number of rotatable bonds is 5. The maximum Gasteiger partial charge on any atom is 0.275 e. The van der Waals surface area contributed by atoms with Crippen molar-refractivity contribution in [2.24, 2.45) is 0 Å². The predicted molar refractivity (Wildman–Crippen MR) is 129 cm³/mol. The zero-order chi connectivity index (χ0) is 22.3. The molecular weight excluding hydrogens is 418 g/mol. The highest BCUT2D eigenvalue weighted by atomic mass is 32.1. The lowest BCUT2D eigenvalue weighted by Gasteiger charge is -2.44. The fourth-order valence-corrected chi connectivity index (χ4v) is 5.47. The summed E-state index contributed by atoms with van der Waals surface area (Å²) in [6, 6.07) is 21.7. The molecule has 3 heterocycles. The molecule has 5 rings (SSSR count). The summed E-state index contributed by atoms with van der Waals surface area (Å²) in [5, 5.41) is 6.15. The van der Waals surface area contributed by atoms with Crippen molar-refractivity contribution < 1.29 is 9.59 Å². The molecule has 0 bridgehead atoms. The molecule has 2 amide bonds. The second-order valence-corrected chi connectivity index (χ2v) is 9.26. The van der Waals surface area contributed by atoms with E-state index in [9.17, 15) is 9.59 Å². The normalized spacial score (nSPS) is 18.1. The molecule has 0 saturated heterocycles. The largest absolute Gasteiger partial charge is 0.350 e. The van der Waals surface area contributed by atoms with Crippen LogP contribution in [0.25, 0.3) is 10.2 Å². The fraction of sp³-hybridized carbons (Fsp3) is 0.231. The summed E-state index contributed by atoms with van der Waals surface area (Å²) < 4.78 is 2.01. The van der Waals surface area contributed by atoms with Gasteiger partial charge in [0, 0.05) is 17.6 Å². The van der Waals surface area contributed by atoms with Gasteiger partial charge < -0.3 is 9.88 Å². The SMILES string of the molecule is CCc1ccccc1N1C(=O)c2cc3ccsc3n2C[C@@]1(C)C(=O)NCc1ccccc1. The number of aromatic nitrogens is 1. The zero-order valence-corrected chi connectivity index (χ0v) is 19.0. The molecule has 1 N–H and O–H groups in total. The third-order valence-electron chi connectivity index (χ3n) is 6.28. The van der Waals surface area contributed by atoms with Gasteiger partial charge in [-0.05, 0) is 48.1 Å². The average Bonchev–Trinajstić information content (AvgIpc) is 3.41. The number of amides is 2. The summed E-state index contributed by atoms with van der Waals surface area (Å²) in [7, 11) is 0. The van der Waals surface area contributed by atoms with E-state index in [0.717, 1.165) is 33.5 Å². The van der Waals surface area contributed by atoms with Crippen molar-refractivity contribution in [2.75, 3.05) is 4.90 Å². The molecular formula is C26H25N3O2S. The molecule has 5 nitrogen and oxygen atoms in total. The van der Waals surface area contributed by atoms with E-state index in [1.165, 1.54) is 0 Å². The van der Waals surface area contributed by atoms with Crippen molar-refractivity contribution in [3.8, 4) is 0 Å². The number of hydrogen-bond donors (Lipinski definition) is 1. The number of anilines is 1. The third kappa shape index (κ3) is 3.22. The maximum absolute atomic E-state index is 13.9. The van der Waals surface area contributed by atoms with Gasteiger partial charge in [0.25, 0.3) is 5.91 Å². The highest BCUT2D eigenvalue weighted by molar-refractivity contribution is 7.16. The molecule has 0 fully saturated rings. The standard InChI is InChI=1S/C26H25N3O2S/c1-3-19-11-7-8-12-21(19)29-23(30)22-15-20-13-14-32-24(20)28(22)17-26(29,2)25(31)27-16-18-9-5-4-6-10-18/h4-15H,3,16-17H2,1-2H3,(H,27,31)/t26-/m0/s1. The number of aryl methyl sites for hydroxylation is 1. The van der Waals surface area contributed by atoms with Crippen LogP contribution in [0.4, 0.5) is 5.69 Å². The molecule has 4 aromatic rings. The van der Waals surface area contributed by atoms with Crippen LogP contribution in [0.1, 0.15) is 35.5 Å². The van der Waals surface area contributed by atoms with E-state index >= 15 is 0 Å². The van der Waals surface area contributed by atoms with Gasteiger partial charge in [0.2, 0.25) is 5.91 Å².